The Bertz CT molecular complexity index is 332. The highest BCUT2D eigenvalue weighted by Gasteiger charge is 2.24. The quantitative estimate of drug-likeness (QED) is 0.806. The van der Waals surface area contributed by atoms with Crippen LogP contribution in [0.3, 0.4) is 0 Å². The fraction of sp³-hybridized carbons (Fsp3) is 0.636. The molecule has 0 atom stereocenters. The largest absolute Gasteiger partial charge is 0.384 e. The number of hydrogen-bond donors (Lipinski definition) is 0. The summed E-state index contributed by atoms with van der Waals surface area (Å²) in [7, 11) is 1.73. The van der Waals surface area contributed by atoms with Crippen LogP contribution in [0.2, 0.25) is 0 Å². The molecule has 16 heavy (non-hydrogen) atoms. The van der Waals surface area contributed by atoms with Gasteiger partial charge < -0.3 is 9.64 Å². The van der Waals surface area contributed by atoms with Gasteiger partial charge in [0.05, 0.1) is 5.51 Å². The second-order valence-electron chi connectivity index (χ2n) is 4.06. The first-order valence-corrected chi connectivity index (χ1v) is 6.42. The third-order valence-electron chi connectivity index (χ3n) is 2.96. The maximum absolute atomic E-state index is 12.0. The van der Waals surface area contributed by atoms with Gasteiger partial charge in [0.1, 0.15) is 5.69 Å². The fourth-order valence-electron chi connectivity index (χ4n) is 2.02. The van der Waals surface area contributed by atoms with Crippen LogP contribution >= 0.6 is 11.3 Å². The van der Waals surface area contributed by atoms with Crippen molar-refractivity contribution in [2.75, 3.05) is 26.8 Å². The van der Waals surface area contributed by atoms with Crippen molar-refractivity contribution in [2.45, 2.75) is 12.8 Å². The van der Waals surface area contributed by atoms with E-state index in [1.807, 2.05) is 10.3 Å². The summed E-state index contributed by atoms with van der Waals surface area (Å²) in [5, 5.41) is 1.81. The van der Waals surface area contributed by atoms with Gasteiger partial charge in [-0.2, -0.15) is 0 Å². The molecule has 0 aliphatic carbocycles. The lowest BCUT2D eigenvalue weighted by Crippen LogP contribution is -2.39. The van der Waals surface area contributed by atoms with Crippen LogP contribution in [0.15, 0.2) is 10.9 Å². The van der Waals surface area contributed by atoms with Gasteiger partial charge in [0.25, 0.3) is 5.91 Å². The van der Waals surface area contributed by atoms with E-state index in [2.05, 4.69) is 4.98 Å². The van der Waals surface area contributed by atoms with Crippen LogP contribution in [0.25, 0.3) is 0 Å². The van der Waals surface area contributed by atoms with Gasteiger partial charge in [-0.3, -0.25) is 4.79 Å². The van der Waals surface area contributed by atoms with E-state index >= 15 is 0 Å². The predicted molar refractivity (Wildman–Crippen MR) is 62.6 cm³/mol. The van der Waals surface area contributed by atoms with Crippen LogP contribution in [-0.2, 0) is 4.74 Å². The molecule has 0 aromatic carbocycles. The standard InChI is InChI=1S/C11H16N2O2S/c1-15-6-9-2-4-13(5-3-9)11(14)10-7-16-8-12-10/h7-9H,2-6H2,1H3. The first-order chi connectivity index (χ1) is 7.81. The van der Waals surface area contributed by atoms with Crippen LogP contribution in [0.1, 0.15) is 23.3 Å². The van der Waals surface area contributed by atoms with E-state index < -0.39 is 0 Å². The van der Waals surface area contributed by atoms with Crippen molar-refractivity contribution >= 4 is 17.2 Å². The van der Waals surface area contributed by atoms with Gasteiger partial charge in [-0.25, -0.2) is 4.98 Å². The molecule has 0 radical (unpaired) electrons. The molecule has 0 saturated carbocycles. The zero-order valence-electron chi connectivity index (χ0n) is 9.39. The summed E-state index contributed by atoms with van der Waals surface area (Å²) in [5.74, 6) is 0.668. The number of rotatable bonds is 3. The van der Waals surface area contributed by atoms with Crippen molar-refractivity contribution in [3.05, 3.63) is 16.6 Å². The maximum Gasteiger partial charge on any atom is 0.273 e. The van der Waals surface area contributed by atoms with Gasteiger partial charge in [-0.1, -0.05) is 0 Å². The zero-order chi connectivity index (χ0) is 11.4. The Hall–Kier alpha value is -0.940. The van der Waals surface area contributed by atoms with Crippen LogP contribution in [0.5, 0.6) is 0 Å². The monoisotopic (exact) mass is 240 g/mol. The lowest BCUT2D eigenvalue weighted by molar-refractivity contribution is 0.0609. The van der Waals surface area contributed by atoms with Crippen LogP contribution in [-0.4, -0.2) is 42.6 Å². The summed E-state index contributed by atoms with van der Waals surface area (Å²) < 4.78 is 5.14. The van der Waals surface area contributed by atoms with Crippen molar-refractivity contribution in [2.24, 2.45) is 5.92 Å². The fourth-order valence-corrected chi connectivity index (χ4v) is 2.54. The van der Waals surface area contributed by atoms with Gasteiger partial charge in [-0.05, 0) is 18.8 Å². The highest BCUT2D eigenvalue weighted by molar-refractivity contribution is 7.07. The third-order valence-corrected chi connectivity index (χ3v) is 3.54. The molecule has 0 unspecified atom stereocenters. The molecule has 1 aromatic heterocycles. The normalized spacial score (nSPS) is 17.7. The molecule has 2 rings (SSSR count). The van der Waals surface area contributed by atoms with Crippen molar-refractivity contribution in [3.8, 4) is 0 Å². The van der Waals surface area contributed by atoms with Crippen molar-refractivity contribution in [3.63, 3.8) is 0 Å². The Morgan fingerprint density at radius 1 is 1.62 bits per heavy atom. The van der Waals surface area contributed by atoms with Crippen LogP contribution < -0.4 is 0 Å². The first kappa shape index (κ1) is 11.5. The first-order valence-electron chi connectivity index (χ1n) is 5.47. The van der Waals surface area contributed by atoms with Gasteiger partial charge in [0, 0.05) is 32.2 Å². The van der Waals surface area contributed by atoms with E-state index in [0.717, 1.165) is 32.5 Å². The minimum absolute atomic E-state index is 0.0668. The molecule has 4 nitrogen and oxygen atoms in total. The number of thiazole rings is 1. The lowest BCUT2D eigenvalue weighted by Gasteiger charge is -2.31. The van der Waals surface area contributed by atoms with E-state index in [4.69, 9.17) is 4.74 Å². The number of nitrogens with zero attached hydrogens (tertiary/aromatic N) is 2. The molecular formula is C11H16N2O2S. The number of amides is 1. The Morgan fingerprint density at radius 3 is 2.94 bits per heavy atom. The summed E-state index contributed by atoms with van der Waals surface area (Å²) in [4.78, 5) is 17.9. The number of methoxy groups -OCH3 is 1. The molecule has 1 saturated heterocycles. The van der Waals surface area contributed by atoms with Gasteiger partial charge in [0.2, 0.25) is 0 Å². The maximum atomic E-state index is 12.0. The number of likely N-dealkylation sites (tertiary alicyclic amines) is 1. The molecule has 1 aliphatic rings. The van der Waals surface area contributed by atoms with E-state index in [0.29, 0.717) is 11.6 Å². The number of ether oxygens (including phenoxy) is 1. The van der Waals surface area contributed by atoms with E-state index in [1.54, 1.807) is 12.6 Å². The molecule has 0 N–H and O–H groups in total. The number of carbonyl (C=O) groups excluding carboxylic acids is 1. The smallest absolute Gasteiger partial charge is 0.273 e. The Morgan fingerprint density at radius 2 is 2.38 bits per heavy atom. The molecular weight excluding hydrogens is 224 g/mol. The second kappa shape index (κ2) is 5.41. The zero-order valence-corrected chi connectivity index (χ0v) is 10.2. The molecule has 1 fully saturated rings. The Balaban J connectivity index is 1.87. The van der Waals surface area contributed by atoms with Gasteiger partial charge >= 0.3 is 0 Å². The van der Waals surface area contributed by atoms with Gasteiger partial charge in [-0.15, -0.1) is 11.3 Å². The predicted octanol–water partition coefficient (Wildman–Crippen LogP) is 1.64. The molecule has 88 valence electrons. The molecule has 0 spiro atoms. The summed E-state index contributed by atoms with van der Waals surface area (Å²) in [6.07, 6.45) is 2.06. The van der Waals surface area contributed by atoms with Crippen LogP contribution in [0.4, 0.5) is 0 Å². The third kappa shape index (κ3) is 2.59. The Labute approximate surface area is 99.2 Å². The SMILES string of the molecule is COCC1CCN(C(=O)c2cscn2)CC1. The number of hydrogen-bond acceptors (Lipinski definition) is 4. The highest BCUT2D eigenvalue weighted by atomic mass is 32.1. The summed E-state index contributed by atoms with van der Waals surface area (Å²) in [6, 6.07) is 0. The molecule has 0 bridgehead atoms. The van der Waals surface area contributed by atoms with E-state index in [-0.39, 0.29) is 5.91 Å². The number of piperidine rings is 1. The van der Waals surface area contributed by atoms with E-state index in [1.165, 1.54) is 11.3 Å². The minimum atomic E-state index is 0.0668. The summed E-state index contributed by atoms with van der Waals surface area (Å²) in [6.45, 7) is 2.45. The van der Waals surface area contributed by atoms with Crippen molar-refractivity contribution in [1.29, 1.82) is 0 Å². The average Bonchev–Trinajstić information content (AvgIpc) is 2.83. The Kier molecular flexibility index (Phi) is 3.90. The molecule has 2 heterocycles. The molecule has 1 aliphatic heterocycles. The van der Waals surface area contributed by atoms with Crippen molar-refractivity contribution in [1.82, 2.24) is 9.88 Å². The molecule has 5 heteroatoms. The summed E-state index contributed by atoms with van der Waals surface area (Å²) >= 11 is 1.46. The van der Waals surface area contributed by atoms with Crippen molar-refractivity contribution < 1.29 is 9.53 Å². The summed E-state index contributed by atoms with van der Waals surface area (Å²) in [5.41, 5.74) is 2.28. The van der Waals surface area contributed by atoms with E-state index in [9.17, 15) is 4.79 Å². The molecule has 1 amide bonds. The highest BCUT2D eigenvalue weighted by Crippen LogP contribution is 2.19. The second-order valence-corrected chi connectivity index (χ2v) is 4.78. The lowest BCUT2D eigenvalue weighted by atomic mass is 9.98. The topological polar surface area (TPSA) is 42.4 Å². The average molecular weight is 240 g/mol. The van der Waals surface area contributed by atoms with Gasteiger partial charge in [0.15, 0.2) is 0 Å². The number of aromatic nitrogens is 1. The minimum Gasteiger partial charge on any atom is -0.384 e. The molecule has 1 aromatic rings. The van der Waals surface area contributed by atoms with Crippen LogP contribution in [0, 0.1) is 5.92 Å². The number of carbonyl (C=O) groups is 1.